The summed E-state index contributed by atoms with van der Waals surface area (Å²) in [5.41, 5.74) is 2.10. The minimum atomic E-state index is -0.560. The summed E-state index contributed by atoms with van der Waals surface area (Å²) >= 11 is 0. The Morgan fingerprint density at radius 2 is 1.20 bits per heavy atom. The Hall–Kier alpha value is -4.26. The van der Waals surface area contributed by atoms with E-state index in [1.807, 2.05) is 20.8 Å². The number of amides is 2. The first kappa shape index (κ1) is 22.5. The van der Waals surface area contributed by atoms with Crippen molar-refractivity contribution in [2.45, 2.75) is 26.2 Å². The summed E-state index contributed by atoms with van der Waals surface area (Å²) in [5, 5.41) is 16.4. The standard InChI is InChI=1S/C28H22F2N2O3/c1-28(2,3)16-10-14(12-17-23-19(29)6-4-8-21(23)31-26(17)34)25(33)15(11-16)13-18-24-20(30)7-5-9-22(24)32-27(18)35/h4-13,33H,1-3H3,(H,31,34)(H,32,35)/b17-12+,18-13+. The average Bonchev–Trinajstić information content (AvgIpc) is 3.27. The fourth-order valence-corrected chi connectivity index (χ4v) is 4.33. The number of rotatable bonds is 2. The van der Waals surface area contributed by atoms with Crippen molar-refractivity contribution in [3.8, 4) is 5.75 Å². The van der Waals surface area contributed by atoms with Crippen LogP contribution in [0.2, 0.25) is 0 Å². The second-order valence-electron chi connectivity index (χ2n) is 9.60. The van der Waals surface area contributed by atoms with Crippen molar-refractivity contribution < 1.29 is 23.5 Å². The molecule has 2 aliphatic rings. The molecule has 0 aromatic heterocycles. The lowest BCUT2D eigenvalue weighted by atomic mass is 9.84. The molecule has 0 saturated heterocycles. The highest BCUT2D eigenvalue weighted by Crippen LogP contribution is 2.41. The highest BCUT2D eigenvalue weighted by molar-refractivity contribution is 6.36. The number of nitrogens with one attached hydrogen (secondary N) is 2. The van der Waals surface area contributed by atoms with E-state index in [-0.39, 0.29) is 44.6 Å². The Balaban J connectivity index is 1.72. The minimum Gasteiger partial charge on any atom is -0.507 e. The van der Waals surface area contributed by atoms with Gasteiger partial charge in [0.25, 0.3) is 11.8 Å². The number of hydrogen-bond acceptors (Lipinski definition) is 3. The Bertz CT molecular complexity index is 1390. The first-order valence-electron chi connectivity index (χ1n) is 11.1. The zero-order valence-corrected chi connectivity index (χ0v) is 19.3. The number of benzene rings is 3. The van der Waals surface area contributed by atoms with Crippen LogP contribution in [-0.2, 0) is 15.0 Å². The molecule has 0 fully saturated rings. The third-order valence-electron chi connectivity index (χ3n) is 6.19. The predicted molar refractivity (Wildman–Crippen MR) is 133 cm³/mol. The second-order valence-corrected chi connectivity index (χ2v) is 9.60. The Kier molecular flexibility index (Phi) is 5.09. The van der Waals surface area contributed by atoms with E-state index in [9.17, 15) is 23.5 Å². The van der Waals surface area contributed by atoms with Gasteiger partial charge in [-0.05, 0) is 59.5 Å². The summed E-state index contributed by atoms with van der Waals surface area (Å²) in [4.78, 5) is 25.3. The summed E-state index contributed by atoms with van der Waals surface area (Å²) in [6.07, 6.45) is 2.86. The van der Waals surface area contributed by atoms with Gasteiger partial charge in [-0.15, -0.1) is 0 Å². The molecular formula is C28H22F2N2O3. The van der Waals surface area contributed by atoms with Crippen LogP contribution in [-0.4, -0.2) is 16.9 Å². The van der Waals surface area contributed by atoms with Crippen molar-refractivity contribution in [2.75, 3.05) is 10.6 Å². The van der Waals surface area contributed by atoms with E-state index >= 15 is 0 Å². The molecule has 2 aliphatic heterocycles. The summed E-state index contributed by atoms with van der Waals surface area (Å²) in [7, 11) is 0. The van der Waals surface area contributed by atoms with Crippen LogP contribution in [0.1, 0.15) is 48.6 Å². The summed E-state index contributed by atoms with van der Waals surface area (Å²) in [5.74, 6) is -2.31. The van der Waals surface area contributed by atoms with Gasteiger partial charge in [-0.3, -0.25) is 9.59 Å². The number of phenolic OH excluding ortho intramolecular Hbond substituents is 1. The molecule has 3 N–H and O–H groups in total. The SMILES string of the molecule is CC(C)(C)c1cc(/C=C2/C(=O)Nc3cccc(F)c32)c(O)c(/C=C2/C(=O)Nc3cccc(F)c32)c1. The largest absolute Gasteiger partial charge is 0.507 e. The molecule has 0 radical (unpaired) electrons. The maximum absolute atomic E-state index is 14.6. The number of halogens is 2. The number of anilines is 2. The fourth-order valence-electron chi connectivity index (χ4n) is 4.33. The number of hydrogen-bond donors (Lipinski definition) is 3. The molecule has 176 valence electrons. The number of phenols is 1. The Morgan fingerprint density at radius 3 is 1.60 bits per heavy atom. The first-order valence-corrected chi connectivity index (χ1v) is 11.1. The molecule has 3 aromatic carbocycles. The van der Waals surface area contributed by atoms with Crippen molar-refractivity contribution in [1.82, 2.24) is 0 Å². The smallest absolute Gasteiger partial charge is 0.256 e. The Morgan fingerprint density at radius 1 is 0.771 bits per heavy atom. The molecule has 0 aliphatic carbocycles. The van der Waals surface area contributed by atoms with E-state index in [1.165, 1.54) is 36.4 Å². The molecule has 0 spiro atoms. The van der Waals surface area contributed by atoms with Crippen molar-refractivity contribution in [3.05, 3.63) is 88.0 Å². The van der Waals surface area contributed by atoms with E-state index in [4.69, 9.17) is 0 Å². The molecule has 0 bridgehead atoms. The molecule has 35 heavy (non-hydrogen) atoms. The molecular weight excluding hydrogens is 450 g/mol. The molecule has 2 amide bonds. The van der Waals surface area contributed by atoms with Crippen molar-refractivity contribution in [3.63, 3.8) is 0 Å². The summed E-state index contributed by atoms with van der Waals surface area (Å²) < 4.78 is 29.1. The van der Waals surface area contributed by atoms with Crippen LogP contribution in [0.25, 0.3) is 23.3 Å². The van der Waals surface area contributed by atoms with Crippen LogP contribution in [0.4, 0.5) is 20.2 Å². The first-order chi connectivity index (χ1) is 16.5. The summed E-state index contributed by atoms with van der Waals surface area (Å²) in [6.45, 7) is 5.92. The molecule has 0 saturated carbocycles. The van der Waals surface area contributed by atoms with Crippen molar-refractivity contribution in [1.29, 1.82) is 0 Å². The number of carbonyl (C=O) groups is 2. The van der Waals surface area contributed by atoms with Gasteiger partial charge in [-0.2, -0.15) is 0 Å². The highest BCUT2D eigenvalue weighted by Gasteiger charge is 2.30. The van der Waals surface area contributed by atoms with Gasteiger partial charge >= 0.3 is 0 Å². The maximum atomic E-state index is 14.6. The molecule has 5 nitrogen and oxygen atoms in total. The van der Waals surface area contributed by atoms with Gasteiger partial charge in [-0.1, -0.05) is 32.9 Å². The quantitative estimate of drug-likeness (QED) is 0.403. The lowest BCUT2D eigenvalue weighted by Crippen LogP contribution is -2.12. The van der Waals surface area contributed by atoms with E-state index in [0.717, 1.165) is 5.56 Å². The predicted octanol–water partition coefficient (Wildman–Crippen LogP) is 5.95. The van der Waals surface area contributed by atoms with Crippen LogP contribution in [0, 0.1) is 11.6 Å². The Labute approximate surface area is 200 Å². The topological polar surface area (TPSA) is 78.4 Å². The molecule has 0 atom stereocenters. The van der Waals surface area contributed by atoms with E-state index < -0.39 is 23.4 Å². The lowest BCUT2D eigenvalue weighted by Gasteiger charge is -2.21. The van der Waals surface area contributed by atoms with Crippen molar-refractivity contribution in [2.24, 2.45) is 0 Å². The molecule has 7 heteroatoms. The van der Waals surface area contributed by atoms with Gasteiger partial charge in [0.15, 0.2) is 0 Å². The van der Waals surface area contributed by atoms with Crippen LogP contribution < -0.4 is 10.6 Å². The third-order valence-corrected chi connectivity index (χ3v) is 6.19. The van der Waals surface area contributed by atoms with Gasteiger partial charge < -0.3 is 15.7 Å². The van der Waals surface area contributed by atoms with Crippen LogP contribution in [0.3, 0.4) is 0 Å². The van der Waals surface area contributed by atoms with Crippen LogP contribution in [0.15, 0.2) is 48.5 Å². The van der Waals surface area contributed by atoms with Gasteiger partial charge in [0.05, 0.1) is 22.5 Å². The van der Waals surface area contributed by atoms with Gasteiger partial charge in [0.1, 0.15) is 17.4 Å². The molecule has 2 heterocycles. The summed E-state index contributed by atoms with van der Waals surface area (Å²) in [6, 6.07) is 12.2. The molecule has 3 aromatic rings. The monoisotopic (exact) mass is 472 g/mol. The maximum Gasteiger partial charge on any atom is 0.256 e. The second kappa shape index (κ2) is 7.91. The highest BCUT2D eigenvalue weighted by atomic mass is 19.1. The number of carbonyl (C=O) groups excluding carboxylic acids is 2. The normalized spacial score (nSPS) is 16.9. The number of fused-ring (bicyclic) bond motifs is 2. The van der Waals surface area contributed by atoms with E-state index in [1.54, 1.807) is 24.3 Å². The van der Waals surface area contributed by atoms with Crippen LogP contribution >= 0.6 is 0 Å². The van der Waals surface area contributed by atoms with E-state index in [0.29, 0.717) is 11.4 Å². The average molecular weight is 472 g/mol. The lowest BCUT2D eigenvalue weighted by molar-refractivity contribution is -0.111. The van der Waals surface area contributed by atoms with Crippen molar-refractivity contribution >= 4 is 46.5 Å². The molecule has 0 unspecified atom stereocenters. The zero-order valence-electron chi connectivity index (χ0n) is 19.3. The zero-order chi connectivity index (χ0) is 25.1. The van der Waals surface area contributed by atoms with Gasteiger partial charge in [0.2, 0.25) is 0 Å². The van der Waals surface area contributed by atoms with E-state index in [2.05, 4.69) is 10.6 Å². The van der Waals surface area contributed by atoms with Crippen LogP contribution in [0.5, 0.6) is 5.75 Å². The molecule has 5 rings (SSSR count). The minimum absolute atomic E-state index is 0.0769. The number of aromatic hydroxyl groups is 1. The van der Waals surface area contributed by atoms with Gasteiger partial charge in [0, 0.05) is 22.3 Å². The fraction of sp³-hybridized carbons (Fsp3) is 0.143. The third kappa shape index (κ3) is 3.79. The van der Waals surface area contributed by atoms with Gasteiger partial charge in [-0.25, -0.2) is 8.78 Å².